The Hall–Kier alpha value is -0.610. The highest BCUT2D eigenvalue weighted by Crippen LogP contribution is 2.16. The van der Waals surface area contributed by atoms with Gasteiger partial charge in [-0.15, -0.1) is 0 Å². The van der Waals surface area contributed by atoms with E-state index in [1.165, 1.54) is 0 Å². The zero-order valence-electron chi connectivity index (χ0n) is 8.41. The number of β-amino-alcohol motifs (C(OH)–C–C–N with tert-alkyl or cyclic N) is 1. The van der Waals surface area contributed by atoms with Crippen molar-refractivity contribution in [3.63, 3.8) is 0 Å². The number of carbonyl (C=O) groups excluding carboxylic acids is 1. The number of carbonyl (C=O) groups is 1. The summed E-state index contributed by atoms with van der Waals surface area (Å²) < 4.78 is 5.21. The summed E-state index contributed by atoms with van der Waals surface area (Å²) in [6, 6.07) is 0. The predicted octanol–water partition coefficient (Wildman–Crippen LogP) is 0.00460. The third kappa shape index (κ3) is 2.67. The molecule has 1 atom stereocenters. The van der Waals surface area contributed by atoms with Crippen molar-refractivity contribution >= 4 is 5.91 Å². The zero-order valence-corrected chi connectivity index (χ0v) is 8.41. The molecule has 1 aliphatic rings. The summed E-state index contributed by atoms with van der Waals surface area (Å²) in [5, 5.41) is 9.24. The summed E-state index contributed by atoms with van der Waals surface area (Å²) in [5.74, 6) is 0.0117. The molecule has 0 spiro atoms. The van der Waals surface area contributed by atoms with Gasteiger partial charge >= 0.3 is 0 Å². The van der Waals surface area contributed by atoms with Crippen LogP contribution in [-0.2, 0) is 9.53 Å². The molecular formula is C9H17NO3. The van der Waals surface area contributed by atoms with E-state index >= 15 is 0 Å². The second kappa shape index (κ2) is 3.64. The topological polar surface area (TPSA) is 49.8 Å². The number of aliphatic hydroxyl groups excluding tert-OH is 1. The molecule has 76 valence electrons. The van der Waals surface area contributed by atoms with Crippen LogP contribution < -0.4 is 0 Å². The first-order valence-corrected chi connectivity index (χ1v) is 4.45. The van der Waals surface area contributed by atoms with Crippen molar-refractivity contribution in [3.05, 3.63) is 0 Å². The van der Waals surface area contributed by atoms with Crippen molar-refractivity contribution in [2.24, 2.45) is 0 Å². The molecule has 4 heteroatoms. The summed E-state index contributed by atoms with van der Waals surface area (Å²) >= 11 is 0. The number of ether oxygens (including phenoxy) is 1. The Bertz CT molecular complexity index is 203. The number of hydrogen-bond donors (Lipinski definition) is 1. The highest BCUT2D eigenvalue weighted by atomic mass is 16.5. The maximum absolute atomic E-state index is 11.3. The summed E-state index contributed by atoms with van der Waals surface area (Å²) in [7, 11) is 1.62. The number of amides is 1. The number of likely N-dealkylation sites (tertiary alicyclic amines) is 1. The molecule has 1 fully saturated rings. The minimum atomic E-state index is -0.500. The lowest BCUT2D eigenvalue weighted by Gasteiger charge is -2.28. The minimum absolute atomic E-state index is 0.0117. The monoisotopic (exact) mass is 187 g/mol. The Morgan fingerprint density at radius 3 is 2.69 bits per heavy atom. The van der Waals surface area contributed by atoms with Crippen LogP contribution in [0.15, 0.2) is 0 Å². The zero-order chi connectivity index (χ0) is 10.1. The molecule has 1 rings (SSSR count). The molecule has 0 saturated carbocycles. The average molecular weight is 187 g/mol. The molecule has 1 aliphatic heterocycles. The molecule has 1 N–H and O–H groups in total. The first kappa shape index (κ1) is 10.5. The van der Waals surface area contributed by atoms with Gasteiger partial charge in [0.1, 0.15) is 0 Å². The van der Waals surface area contributed by atoms with Gasteiger partial charge in [-0.1, -0.05) is 0 Å². The summed E-state index contributed by atoms with van der Waals surface area (Å²) in [6.45, 7) is 4.82. The van der Waals surface area contributed by atoms with Gasteiger partial charge in [0.25, 0.3) is 0 Å². The summed E-state index contributed by atoms with van der Waals surface area (Å²) in [4.78, 5) is 12.9. The second-order valence-electron chi connectivity index (χ2n) is 4.10. The van der Waals surface area contributed by atoms with Crippen LogP contribution in [0, 0.1) is 0 Å². The number of aliphatic hydroxyl groups is 1. The van der Waals surface area contributed by atoms with Gasteiger partial charge < -0.3 is 14.7 Å². The van der Waals surface area contributed by atoms with Crippen LogP contribution >= 0.6 is 0 Å². The van der Waals surface area contributed by atoms with Crippen molar-refractivity contribution in [2.45, 2.75) is 32.0 Å². The van der Waals surface area contributed by atoms with E-state index in [9.17, 15) is 9.90 Å². The lowest BCUT2D eigenvalue weighted by molar-refractivity contribution is -0.130. The fraction of sp³-hybridized carbons (Fsp3) is 0.889. The Labute approximate surface area is 78.5 Å². The Morgan fingerprint density at radius 1 is 1.69 bits per heavy atom. The van der Waals surface area contributed by atoms with E-state index < -0.39 is 6.10 Å². The van der Waals surface area contributed by atoms with Crippen LogP contribution in [-0.4, -0.2) is 47.8 Å². The van der Waals surface area contributed by atoms with E-state index in [4.69, 9.17) is 4.74 Å². The van der Waals surface area contributed by atoms with E-state index in [0.29, 0.717) is 13.1 Å². The number of hydrogen-bond acceptors (Lipinski definition) is 3. The van der Waals surface area contributed by atoms with Gasteiger partial charge in [-0.25, -0.2) is 0 Å². The van der Waals surface area contributed by atoms with Gasteiger partial charge in [0.15, 0.2) is 0 Å². The molecule has 4 nitrogen and oxygen atoms in total. The molecule has 1 unspecified atom stereocenters. The van der Waals surface area contributed by atoms with E-state index in [1.54, 1.807) is 12.0 Å². The van der Waals surface area contributed by atoms with Crippen LogP contribution in [0.3, 0.4) is 0 Å². The number of nitrogens with zero attached hydrogens (tertiary/aromatic N) is 1. The van der Waals surface area contributed by atoms with Gasteiger partial charge in [-0.05, 0) is 13.8 Å². The van der Waals surface area contributed by atoms with Crippen molar-refractivity contribution in [1.29, 1.82) is 0 Å². The van der Waals surface area contributed by atoms with Crippen molar-refractivity contribution in [2.75, 3.05) is 20.2 Å². The quantitative estimate of drug-likeness (QED) is 0.677. The molecule has 0 aromatic heterocycles. The number of methoxy groups -OCH3 is 1. The van der Waals surface area contributed by atoms with Gasteiger partial charge in [-0.2, -0.15) is 0 Å². The van der Waals surface area contributed by atoms with Crippen molar-refractivity contribution in [1.82, 2.24) is 4.90 Å². The maximum Gasteiger partial charge on any atom is 0.225 e. The van der Waals surface area contributed by atoms with Crippen LogP contribution in [0.5, 0.6) is 0 Å². The minimum Gasteiger partial charge on any atom is -0.391 e. The van der Waals surface area contributed by atoms with Crippen LogP contribution in [0.25, 0.3) is 0 Å². The standard InChI is InChI=1S/C9H17NO3/c1-9(2,13-3)6-10-5-7(11)4-8(10)12/h7,11H,4-6H2,1-3H3. The van der Waals surface area contributed by atoms with Crippen LogP contribution in [0.2, 0.25) is 0 Å². The van der Waals surface area contributed by atoms with Gasteiger partial charge in [0.2, 0.25) is 5.91 Å². The third-order valence-electron chi connectivity index (χ3n) is 2.32. The Morgan fingerprint density at radius 2 is 2.31 bits per heavy atom. The Kier molecular flexibility index (Phi) is 2.93. The molecule has 1 saturated heterocycles. The van der Waals surface area contributed by atoms with Gasteiger partial charge in [0, 0.05) is 20.2 Å². The highest BCUT2D eigenvalue weighted by Gasteiger charge is 2.32. The maximum atomic E-state index is 11.3. The molecule has 0 bridgehead atoms. The van der Waals surface area contributed by atoms with Crippen LogP contribution in [0.1, 0.15) is 20.3 Å². The second-order valence-corrected chi connectivity index (χ2v) is 4.10. The van der Waals surface area contributed by atoms with E-state index in [1.807, 2.05) is 13.8 Å². The molecule has 0 aliphatic carbocycles. The molecule has 0 radical (unpaired) electrons. The highest BCUT2D eigenvalue weighted by molar-refractivity contribution is 5.79. The molecular weight excluding hydrogens is 170 g/mol. The summed E-state index contributed by atoms with van der Waals surface area (Å²) in [5.41, 5.74) is -0.334. The van der Waals surface area contributed by atoms with Crippen molar-refractivity contribution < 1.29 is 14.6 Å². The van der Waals surface area contributed by atoms with Gasteiger partial charge in [-0.3, -0.25) is 4.79 Å². The van der Waals surface area contributed by atoms with E-state index in [-0.39, 0.29) is 17.9 Å². The molecule has 0 aromatic rings. The molecule has 1 amide bonds. The van der Waals surface area contributed by atoms with Crippen molar-refractivity contribution in [3.8, 4) is 0 Å². The first-order valence-electron chi connectivity index (χ1n) is 4.45. The number of rotatable bonds is 3. The summed E-state index contributed by atoms with van der Waals surface area (Å²) in [6.07, 6.45) is -0.250. The first-order chi connectivity index (χ1) is 5.94. The van der Waals surface area contributed by atoms with Gasteiger partial charge in [0.05, 0.1) is 18.1 Å². The van der Waals surface area contributed by atoms with Crippen LogP contribution in [0.4, 0.5) is 0 Å². The molecule has 13 heavy (non-hydrogen) atoms. The van der Waals surface area contributed by atoms with E-state index in [0.717, 1.165) is 0 Å². The molecule has 1 heterocycles. The lowest BCUT2D eigenvalue weighted by atomic mass is 10.1. The lowest BCUT2D eigenvalue weighted by Crippen LogP contribution is -2.41. The largest absolute Gasteiger partial charge is 0.391 e. The predicted molar refractivity (Wildman–Crippen MR) is 48.3 cm³/mol. The Balaban J connectivity index is 2.50. The SMILES string of the molecule is COC(C)(C)CN1CC(O)CC1=O. The molecule has 0 aromatic carbocycles. The smallest absolute Gasteiger partial charge is 0.225 e. The average Bonchev–Trinajstić information content (AvgIpc) is 2.30. The third-order valence-corrected chi connectivity index (χ3v) is 2.32. The normalized spacial score (nSPS) is 24.2. The fourth-order valence-corrected chi connectivity index (χ4v) is 1.43. The van der Waals surface area contributed by atoms with E-state index in [2.05, 4.69) is 0 Å². The fourth-order valence-electron chi connectivity index (χ4n) is 1.43.